The van der Waals surface area contributed by atoms with E-state index in [-0.39, 0.29) is 0 Å². The van der Waals surface area contributed by atoms with Gasteiger partial charge in [-0.2, -0.15) is 5.10 Å². The summed E-state index contributed by atoms with van der Waals surface area (Å²) in [5, 5.41) is 4.28. The van der Waals surface area contributed by atoms with E-state index in [4.69, 9.17) is 10.5 Å². The molecular weight excluding hydrogens is 356 g/mol. The first kappa shape index (κ1) is 16.3. The van der Waals surface area contributed by atoms with E-state index in [1.807, 2.05) is 29.9 Å². The lowest BCUT2D eigenvalue weighted by atomic mass is 10.1. The number of nitrogens with zero attached hydrogens (tertiary/aromatic N) is 3. The van der Waals surface area contributed by atoms with Crippen molar-refractivity contribution < 1.29 is 4.74 Å². The maximum atomic E-state index is 6.08. The molecule has 2 aromatic rings. The highest BCUT2D eigenvalue weighted by molar-refractivity contribution is 9.10. The van der Waals surface area contributed by atoms with Gasteiger partial charge in [0.25, 0.3) is 0 Å². The van der Waals surface area contributed by atoms with Gasteiger partial charge in [-0.25, -0.2) is 0 Å². The average molecular weight is 379 g/mol. The molecule has 0 aliphatic carbocycles. The fraction of sp³-hybridized carbons (Fsp3) is 0.471. The summed E-state index contributed by atoms with van der Waals surface area (Å²) in [7, 11) is 1.92. The Balaban J connectivity index is 1.77. The molecule has 1 aromatic heterocycles. The molecule has 6 heteroatoms. The van der Waals surface area contributed by atoms with E-state index in [2.05, 4.69) is 32.9 Å². The van der Waals surface area contributed by atoms with Crippen LogP contribution in [0.5, 0.6) is 5.75 Å². The molecule has 0 bridgehead atoms. The molecule has 1 aromatic carbocycles. The van der Waals surface area contributed by atoms with Crippen LogP contribution in [0.2, 0.25) is 0 Å². The van der Waals surface area contributed by atoms with Gasteiger partial charge in [0.1, 0.15) is 12.4 Å². The third kappa shape index (κ3) is 3.53. The van der Waals surface area contributed by atoms with Gasteiger partial charge in [0, 0.05) is 30.9 Å². The second kappa shape index (κ2) is 6.93. The maximum absolute atomic E-state index is 6.08. The lowest BCUT2D eigenvalue weighted by Crippen LogP contribution is -2.31. The molecule has 5 nitrogen and oxygen atoms in total. The zero-order valence-electron chi connectivity index (χ0n) is 13.6. The Hall–Kier alpha value is -1.53. The number of benzene rings is 1. The SMILES string of the molecule is CC1CCCN1CCOc1ccc(N)cc1-c1c(Br)cnn1C. The van der Waals surface area contributed by atoms with Crippen LogP contribution >= 0.6 is 15.9 Å². The van der Waals surface area contributed by atoms with Gasteiger partial charge in [0.2, 0.25) is 0 Å². The molecular formula is C17H23BrN4O. The second-order valence-corrected chi connectivity index (χ2v) is 6.95. The van der Waals surface area contributed by atoms with Gasteiger partial charge in [-0.05, 0) is 60.4 Å². The maximum Gasteiger partial charge on any atom is 0.128 e. The largest absolute Gasteiger partial charge is 0.492 e. The normalized spacial score (nSPS) is 18.5. The Morgan fingerprint density at radius 3 is 2.91 bits per heavy atom. The van der Waals surface area contributed by atoms with Gasteiger partial charge in [0.05, 0.1) is 16.4 Å². The lowest BCUT2D eigenvalue weighted by Gasteiger charge is -2.21. The van der Waals surface area contributed by atoms with Crippen molar-refractivity contribution in [2.24, 2.45) is 7.05 Å². The highest BCUT2D eigenvalue weighted by Crippen LogP contribution is 2.36. The minimum atomic E-state index is 0.663. The van der Waals surface area contributed by atoms with E-state index in [1.165, 1.54) is 19.4 Å². The van der Waals surface area contributed by atoms with E-state index < -0.39 is 0 Å². The smallest absolute Gasteiger partial charge is 0.128 e. The van der Waals surface area contributed by atoms with E-state index in [0.717, 1.165) is 28.0 Å². The van der Waals surface area contributed by atoms with Crippen LogP contribution in [0, 0.1) is 0 Å². The Labute approximate surface area is 145 Å². The number of ether oxygens (including phenoxy) is 1. The molecule has 1 fully saturated rings. The molecule has 3 rings (SSSR count). The van der Waals surface area contributed by atoms with E-state index in [9.17, 15) is 0 Å². The van der Waals surface area contributed by atoms with Crippen molar-refractivity contribution in [1.82, 2.24) is 14.7 Å². The summed E-state index contributed by atoms with van der Waals surface area (Å²) in [6.45, 7) is 5.09. The van der Waals surface area contributed by atoms with Gasteiger partial charge in [-0.15, -0.1) is 0 Å². The number of halogens is 1. The van der Waals surface area contributed by atoms with Crippen LogP contribution in [0.4, 0.5) is 5.69 Å². The van der Waals surface area contributed by atoms with Crippen LogP contribution in [0.1, 0.15) is 19.8 Å². The monoisotopic (exact) mass is 378 g/mol. The Bertz CT molecular complexity index is 666. The number of nitrogen functional groups attached to an aromatic ring is 1. The number of aromatic nitrogens is 2. The first-order valence-corrected chi connectivity index (χ1v) is 8.80. The molecule has 1 unspecified atom stereocenters. The van der Waals surface area contributed by atoms with Crippen molar-refractivity contribution in [3.05, 3.63) is 28.9 Å². The number of anilines is 1. The molecule has 2 heterocycles. The predicted octanol–water partition coefficient (Wildman–Crippen LogP) is 3.29. The van der Waals surface area contributed by atoms with Crippen molar-refractivity contribution in [3.63, 3.8) is 0 Å². The molecule has 0 radical (unpaired) electrons. The summed E-state index contributed by atoms with van der Waals surface area (Å²) in [6, 6.07) is 6.42. The fourth-order valence-corrected chi connectivity index (χ4v) is 3.73. The van der Waals surface area contributed by atoms with Gasteiger partial charge in [-0.3, -0.25) is 9.58 Å². The summed E-state index contributed by atoms with van der Waals surface area (Å²) in [5.41, 5.74) is 8.63. The summed E-state index contributed by atoms with van der Waals surface area (Å²) >= 11 is 3.55. The molecule has 23 heavy (non-hydrogen) atoms. The molecule has 1 saturated heterocycles. The molecule has 124 valence electrons. The number of hydrogen-bond donors (Lipinski definition) is 1. The van der Waals surface area contributed by atoms with Gasteiger partial charge < -0.3 is 10.5 Å². The van der Waals surface area contributed by atoms with Gasteiger partial charge in [0.15, 0.2) is 0 Å². The topological polar surface area (TPSA) is 56.3 Å². The van der Waals surface area contributed by atoms with Crippen LogP contribution in [0.3, 0.4) is 0 Å². The Morgan fingerprint density at radius 2 is 2.26 bits per heavy atom. The summed E-state index contributed by atoms with van der Waals surface area (Å²) in [6.07, 6.45) is 4.36. The average Bonchev–Trinajstić information content (AvgIpc) is 3.07. The van der Waals surface area contributed by atoms with E-state index >= 15 is 0 Å². The number of rotatable bonds is 5. The van der Waals surface area contributed by atoms with Crippen molar-refractivity contribution in [1.29, 1.82) is 0 Å². The Morgan fingerprint density at radius 1 is 1.43 bits per heavy atom. The van der Waals surface area contributed by atoms with Gasteiger partial charge in [-0.1, -0.05) is 0 Å². The predicted molar refractivity (Wildman–Crippen MR) is 96.5 cm³/mol. The molecule has 1 atom stereocenters. The first-order chi connectivity index (χ1) is 11.1. The number of aryl methyl sites for hydroxylation is 1. The molecule has 1 aliphatic heterocycles. The molecule has 0 amide bonds. The molecule has 2 N–H and O–H groups in total. The molecule has 1 aliphatic rings. The van der Waals surface area contributed by atoms with Crippen LogP contribution in [0.25, 0.3) is 11.3 Å². The molecule has 0 spiro atoms. The van der Waals surface area contributed by atoms with Crippen LogP contribution in [-0.4, -0.2) is 40.4 Å². The lowest BCUT2D eigenvalue weighted by molar-refractivity contribution is 0.205. The van der Waals surface area contributed by atoms with E-state index in [1.54, 1.807) is 6.20 Å². The highest BCUT2D eigenvalue weighted by atomic mass is 79.9. The van der Waals surface area contributed by atoms with Gasteiger partial charge >= 0.3 is 0 Å². The van der Waals surface area contributed by atoms with Crippen LogP contribution < -0.4 is 10.5 Å². The Kier molecular flexibility index (Phi) is 4.92. The summed E-state index contributed by atoms with van der Waals surface area (Å²) < 4.78 is 8.84. The minimum absolute atomic E-state index is 0.663. The number of hydrogen-bond acceptors (Lipinski definition) is 4. The van der Waals surface area contributed by atoms with Crippen molar-refractivity contribution in [2.45, 2.75) is 25.8 Å². The first-order valence-electron chi connectivity index (χ1n) is 8.00. The summed E-state index contributed by atoms with van der Waals surface area (Å²) in [5.74, 6) is 0.843. The molecule has 0 saturated carbocycles. The fourth-order valence-electron chi connectivity index (χ4n) is 3.17. The van der Waals surface area contributed by atoms with Crippen LogP contribution in [-0.2, 0) is 7.05 Å². The quantitative estimate of drug-likeness (QED) is 0.810. The van der Waals surface area contributed by atoms with Crippen molar-refractivity contribution >= 4 is 21.6 Å². The standard InChI is InChI=1S/C17H23BrN4O/c1-12-4-3-7-22(12)8-9-23-16-6-5-13(19)10-14(16)17-15(18)11-20-21(17)2/h5-6,10-12H,3-4,7-9,19H2,1-2H3. The summed E-state index contributed by atoms with van der Waals surface area (Å²) in [4.78, 5) is 2.48. The highest BCUT2D eigenvalue weighted by Gasteiger charge is 2.20. The zero-order chi connectivity index (χ0) is 16.4. The zero-order valence-corrected chi connectivity index (χ0v) is 15.2. The van der Waals surface area contributed by atoms with E-state index in [0.29, 0.717) is 18.3 Å². The van der Waals surface area contributed by atoms with Crippen LogP contribution in [0.15, 0.2) is 28.9 Å². The van der Waals surface area contributed by atoms with Crippen molar-refractivity contribution in [3.8, 4) is 17.0 Å². The van der Waals surface area contributed by atoms with Crippen molar-refractivity contribution in [2.75, 3.05) is 25.4 Å². The minimum Gasteiger partial charge on any atom is -0.492 e. The number of nitrogens with two attached hydrogens (primary N) is 1. The number of likely N-dealkylation sites (tertiary alicyclic amines) is 1. The third-order valence-corrected chi connectivity index (χ3v) is 5.06. The third-order valence-electron chi connectivity index (χ3n) is 4.48. The second-order valence-electron chi connectivity index (χ2n) is 6.10.